The van der Waals surface area contributed by atoms with Gasteiger partial charge in [0.2, 0.25) is 0 Å². The Bertz CT molecular complexity index is 394. The molecule has 0 radical (unpaired) electrons. The minimum absolute atomic E-state index is 0.176. The van der Waals surface area contributed by atoms with Gasteiger partial charge in [0, 0.05) is 24.0 Å². The van der Waals surface area contributed by atoms with Crippen molar-refractivity contribution in [2.24, 2.45) is 0 Å². The van der Waals surface area contributed by atoms with Crippen LogP contribution in [0.2, 0.25) is 0 Å². The number of benzene rings is 1. The van der Waals surface area contributed by atoms with Crippen LogP contribution in [0.15, 0.2) is 18.2 Å². The molecule has 88 valence electrons. The number of nitrogen functional groups attached to an aromatic ring is 1. The number of rotatable bonds is 4. The molecule has 2 N–H and O–H groups in total. The summed E-state index contributed by atoms with van der Waals surface area (Å²) in [5, 5.41) is 0. The van der Waals surface area contributed by atoms with Crippen molar-refractivity contribution in [3.63, 3.8) is 0 Å². The summed E-state index contributed by atoms with van der Waals surface area (Å²) in [5.41, 5.74) is 6.88. The first kappa shape index (κ1) is 12.4. The first-order valence-electron chi connectivity index (χ1n) is 4.81. The summed E-state index contributed by atoms with van der Waals surface area (Å²) in [7, 11) is 1.54. The van der Waals surface area contributed by atoms with E-state index in [0.29, 0.717) is 16.9 Å². The van der Waals surface area contributed by atoms with E-state index in [9.17, 15) is 13.6 Å². The fraction of sp³-hybridized carbons (Fsp3) is 0.364. The fourth-order valence-corrected chi connectivity index (χ4v) is 1.40. The molecule has 0 aromatic heterocycles. The molecule has 0 saturated heterocycles. The Kier molecular flexibility index (Phi) is 3.82. The fourth-order valence-electron chi connectivity index (χ4n) is 1.40. The Morgan fingerprint density at radius 3 is 2.62 bits per heavy atom. The van der Waals surface area contributed by atoms with Gasteiger partial charge in [-0.15, -0.1) is 0 Å². The molecular weight excluding hydrogens is 214 g/mol. The number of nitrogens with two attached hydrogens (primary N) is 1. The number of alkyl halides is 2. The molecule has 1 aromatic carbocycles. The molecule has 0 saturated carbocycles. The van der Waals surface area contributed by atoms with E-state index in [0.717, 1.165) is 0 Å². The van der Waals surface area contributed by atoms with Crippen LogP contribution in [0.3, 0.4) is 0 Å². The largest absolute Gasteiger partial charge is 0.398 e. The van der Waals surface area contributed by atoms with E-state index in [4.69, 9.17) is 5.73 Å². The molecule has 0 bridgehead atoms. The molecule has 16 heavy (non-hydrogen) atoms. The minimum atomic E-state index is -2.41. The third-order valence-corrected chi connectivity index (χ3v) is 2.27. The minimum Gasteiger partial charge on any atom is -0.398 e. The number of carbonyl (C=O) groups excluding carboxylic acids is 1. The van der Waals surface area contributed by atoms with Gasteiger partial charge in [0.15, 0.2) is 5.78 Å². The standard InChI is InChI=1S/C11H14F2N2O/c1-7(16)9-5-8(3-4-10(9)14)15(2)6-11(12)13/h3-5,11H,6,14H2,1-2H3. The number of hydrogen-bond acceptors (Lipinski definition) is 3. The molecule has 0 fully saturated rings. The van der Waals surface area contributed by atoms with Gasteiger partial charge in [-0.2, -0.15) is 0 Å². The molecule has 0 atom stereocenters. The highest BCUT2D eigenvalue weighted by atomic mass is 19.3. The summed E-state index contributed by atoms with van der Waals surface area (Å²) in [6.45, 7) is 1.02. The highest BCUT2D eigenvalue weighted by Gasteiger charge is 2.11. The van der Waals surface area contributed by atoms with Crippen LogP contribution >= 0.6 is 0 Å². The lowest BCUT2D eigenvalue weighted by molar-refractivity contribution is 0.101. The molecule has 0 unspecified atom stereocenters. The lowest BCUT2D eigenvalue weighted by Crippen LogP contribution is -2.24. The predicted octanol–water partition coefficient (Wildman–Crippen LogP) is 2.17. The Morgan fingerprint density at radius 1 is 1.50 bits per heavy atom. The molecule has 0 spiro atoms. The number of anilines is 2. The van der Waals surface area contributed by atoms with Crippen molar-refractivity contribution in [3.8, 4) is 0 Å². The quantitative estimate of drug-likeness (QED) is 0.634. The van der Waals surface area contributed by atoms with Crippen molar-refractivity contribution in [1.29, 1.82) is 0 Å². The Hall–Kier alpha value is -1.65. The second-order valence-corrected chi connectivity index (χ2v) is 3.60. The van der Waals surface area contributed by atoms with Gasteiger partial charge in [-0.1, -0.05) is 0 Å². The van der Waals surface area contributed by atoms with E-state index in [1.54, 1.807) is 19.2 Å². The number of ketones is 1. The van der Waals surface area contributed by atoms with Crippen molar-refractivity contribution >= 4 is 17.2 Å². The Morgan fingerprint density at radius 2 is 2.12 bits per heavy atom. The van der Waals surface area contributed by atoms with Crippen LogP contribution < -0.4 is 10.6 Å². The molecule has 0 aliphatic carbocycles. The normalized spacial score (nSPS) is 10.6. The molecule has 0 aliphatic heterocycles. The zero-order valence-electron chi connectivity index (χ0n) is 9.21. The first-order chi connectivity index (χ1) is 7.41. The van der Waals surface area contributed by atoms with Crippen molar-refractivity contribution in [1.82, 2.24) is 0 Å². The lowest BCUT2D eigenvalue weighted by Gasteiger charge is -2.19. The number of hydrogen-bond donors (Lipinski definition) is 1. The average Bonchev–Trinajstić information content (AvgIpc) is 2.16. The zero-order chi connectivity index (χ0) is 12.3. The van der Waals surface area contributed by atoms with Gasteiger partial charge in [-0.25, -0.2) is 8.78 Å². The van der Waals surface area contributed by atoms with Gasteiger partial charge in [0.25, 0.3) is 6.43 Å². The topological polar surface area (TPSA) is 46.3 Å². The molecule has 1 aromatic rings. The van der Waals surface area contributed by atoms with Gasteiger partial charge in [0.1, 0.15) is 0 Å². The Balaban J connectivity index is 2.98. The van der Waals surface area contributed by atoms with E-state index < -0.39 is 6.43 Å². The van der Waals surface area contributed by atoms with Gasteiger partial charge >= 0.3 is 0 Å². The van der Waals surface area contributed by atoms with Gasteiger partial charge in [-0.3, -0.25) is 4.79 Å². The summed E-state index contributed by atoms with van der Waals surface area (Å²) >= 11 is 0. The monoisotopic (exact) mass is 228 g/mol. The number of carbonyl (C=O) groups is 1. The van der Waals surface area contributed by atoms with Gasteiger partial charge < -0.3 is 10.6 Å². The van der Waals surface area contributed by atoms with Crippen molar-refractivity contribution < 1.29 is 13.6 Å². The zero-order valence-corrected chi connectivity index (χ0v) is 9.21. The van der Waals surface area contributed by atoms with Crippen LogP contribution in [0.4, 0.5) is 20.2 Å². The number of halogens is 2. The summed E-state index contributed by atoms with van der Waals surface area (Å²) in [6.07, 6.45) is -2.41. The Labute approximate surface area is 92.8 Å². The predicted molar refractivity (Wildman–Crippen MR) is 60.1 cm³/mol. The summed E-state index contributed by atoms with van der Waals surface area (Å²) in [5.74, 6) is -0.176. The summed E-state index contributed by atoms with van der Waals surface area (Å²) in [4.78, 5) is 12.6. The maximum atomic E-state index is 12.2. The smallest absolute Gasteiger partial charge is 0.255 e. The van der Waals surface area contributed by atoms with E-state index in [1.165, 1.54) is 17.9 Å². The molecule has 0 amide bonds. The average molecular weight is 228 g/mol. The lowest BCUT2D eigenvalue weighted by atomic mass is 10.1. The molecular formula is C11H14F2N2O. The summed E-state index contributed by atoms with van der Waals surface area (Å²) in [6, 6.07) is 4.69. The SMILES string of the molecule is CC(=O)c1cc(N(C)CC(F)F)ccc1N. The van der Waals surface area contributed by atoms with Crippen molar-refractivity contribution in [2.45, 2.75) is 13.3 Å². The van der Waals surface area contributed by atoms with Crippen LogP contribution in [0.25, 0.3) is 0 Å². The highest BCUT2D eigenvalue weighted by molar-refractivity contribution is 6.00. The number of Topliss-reactive ketones (excluding diaryl/α,β-unsaturated/α-hetero) is 1. The maximum absolute atomic E-state index is 12.2. The van der Waals surface area contributed by atoms with Crippen LogP contribution in [0.5, 0.6) is 0 Å². The van der Waals surface area contributed by atoms with Crippen LogP contribution in [-0.4, -0.2) is 25.8 Å². The molecule has 3 nitrogen and oxygen atoms in total. The van der Waals surface area contributed by atoms with Gasteiger partial charge in [-0.05, 0) is 25.1 Å². The van der Waals surface area contributed by atoms with E-state index in [2.05, 4.69) is 0 Å². The van der Waals surface area contributed by atoms with Gasteiger partial charge in [0.05, 0.1) is 6.54 Å². The molecule has 1 rings (SSSR count). The second-order valence-electron chi connectivity index (χ2n) is 3.60. The molecule has 5 heteroatoms. The van der Waals surface area contributed by atoms with Crippen LogP contribution in [-0.2, 0) is 0 Å². The maximum Gasteiger partial charge on any atom is 0.255 e. The number of nitrogens with zero attached hydrogens (tertiary/aromatic N) is 1. The van der Waals surface area contributed by atoms with E-state index in [-0.39, 0.29) is 12.3 Å². The molecule has 0 aliphatic rings. The van der Waals surface area contributed by atoms with Crippen molar-refractivity contribution in [2.75, 3.05) is 24.2 Å². The molecule has 0 heterocycles. The third-order valence-electron chi connectivity index (χ3n) is 2.27. The first-order valence-corrected chi connectivity index (χ1v) is 4.81. The van der Waals surface area contributed by atoms with E-state index >= 15 is 0 Å². The van der Waals surface area contributed by atoms with Crippen molar-refractivity contribution in [3.05, 3.63) is 23.8 Å². The third kappa shape index (κ3) is 2.92. The highest BCUT2D eigenvalue weighted by Crippen LogP contribution is 2.21. The second kappa shape index (κ2) is 4.92. The van der Waals surface area contributed by atoms with Crippen LogP contribution in [0.1, 0.15) is 17.3 Å². The van der Waals surface area contributed by atoms with Crippen LogP contribution in [0, 0.1) is 0 Å². The van der Waals surface area contributed by atoms with E-state index in [1.807, 2.05) is 0 Å². The summed E-state index contributed by atoms with van der Waals surface area (Å²) < 4.78 is 24.4.